The molecule has 0 spiro atoms. The molecule has 3 heteroatoms. The van der Waals surface area contributed by atoms with E-state index in [0.717, 1.165) is 17.8 Å². The van der Waals surface area contributed by atoms with Crippen LogP contribution >= 0.6 is 0 Å². The Morgan fingerprint density at radius 1 is 0.895 bits per heavy atom. The van der Waals surface area contributed by atoms with Crippen LogP contribution in [-0.4, -0.2) is 9.78 Å². The molecule has 0 atom stereocenters. The lowest BCUT2D eigenvalue weighted by molar-refractivity contribution is 0.687. The number of nitrogen functional groups attached to an aromatic ring is 1. The van der Waals surface area contributed by atoms with Crippen LogP contribution in [-0.2, 0) is 6.54 Å². The lowest BCUT2D eigenvalue weighted by Gasteiger charge is -2.02. The summed E-state index contributed by atoms with van der Waals surface area (Å²) in [5.74, 6) is 0. The average Bonchev–Trinajstić information content (AvgIpc) is 2.91. The molecule has 0 radical (unpaired) electrons. The molecule has 19 heavy (non-hydrogen) atoms. The first-order valence-electron chi connectivity index (χ1n) is 6.23. The molecule has 0 fully saturated rings. The van der Waals surface area contributed by atoms with E-state index in [4.69, 9.17) is 5.73 Å². The average molecular weight is 249 g/mol. The van der Waals surface area contributed by atoms with Crippen LogP contribution < -0.4 is 5.73 Å². The number of nitrogens with two attached hydrogens (primary N) is 1. The highest BCUT2D eigenvalue weighted by Crippen LogP contribution is 2.18. The maximum atomic E-state index is 5.68. The minimum atomic E-state index is 0.757. The molecule has 1 heterocycles. The van der Waals surface area contributed by atoms with Crippen molar-refractivity contribution in [1.82, 2.24) is 9.78 Å². The molecule has 0 aliphatic carbocycles. The van der Waals surface area contributed by atoms with Gasteiger partial charge in [0.15, 0.2) is 0 Å². The van der Waals surface area contributed by atoms with Crippen LogP contribution in [0.3, 0.4) is 0 Å². The van der Waals surface area contributed by atoms with Crippen LogP contribution in [0.25, 0.3) is 11.1 Å². The first kappa shape index (κ1) is 11.5. The van der Waals surface area contributed by atoms with Crippen molar-refractivity contribution >= 4 is 5.69 Å². The highest BCUT2D eigenvalue weighted by atomic mass is 15.3. The molecule has 3 aromatic rings. The third kappa shape index (κ3) is 2.65. The predicted octanol–water partition coefficient (Wildman–Crippen LogP) is 3.18. The summed E-state index contributed by atoms with van der Waals surface area (Å²) in [6.07, 6.45) is 3.96. The molecule has 0 unspecified atom stereocenters. The number of benzene rings is 2. The van der Waals surface area contributed by atoms with Gasteiger partial charge in [-0.2, -0.15) is 5.10 Å². The Hall–Kier alpha value is -2.55. The molecule has 0 bridgehead atoms. The fraction of sp³-hybridized carbons (Fsp3) is 0.0625. The second-order valence-corrected chi connectivity index (χ2v) is 4.53. The summed E-state index contributed by atoms with van der Waals surface area (Å²) in [6.45, 7) is 0.757. The van der Waals surface area contributed by atoms with Crippen molar-refractivity contribution in [3.8, 4) is 11.1 Å². The van der Waals surface area contributed by atoms with Gasteiger partial charge in [0.2, 0.25) is 0 Å². The molecule has 1 aromatic heterocycles. The monoisotopic (exact) mass is 249 g/mol. The molecular formula is C16H15N3. The van der Waals surface area contributed by atoms with Gasteiger partial charge in [-0.1, -0.05) is 42.5 Å². The van der Waals surface area contributed by atoms with Gasteiger partial charge in [0.1, 0.15) is 0 Å². The summed E-state index contributed by atoms with van der Waals surface area (Å²) in [4.78, 5) is 0. The van der Waals surface area contributed by atoms with E-state index in [1.54, 1.807) is 0 Å². The Balaban J connectivity index is 1.80. The molecule has 94 valence electrons. The molecule has 3 nitrogen and oxygen atoms in total. The first-order valence-corrected chi connectivity index (χ1v) is 6.23. The number of nitrogens with zero attached hydrogens (tertiary/aromatic N) is 2. The molecule has 0 aliphatic heterocycles. The maximum Gasteiger partial charge on any atom is 0.0659 e. The van der Waals surface area contributed by atoms with Crippen LogP contribution in [0.1, 0.15) is 5.56 Å². The van der Waals surface area contributed by atoms with Gasteiger partial charge in [-0.15, -0.1) is 0 Å². The third-order valence-corrected chi connectivity index (χ3v) is 3.06. The van der Waals surface area contributed by atoms with Gasteiger partial charge in [0.25, 0.3) is 0 Å². The Morgan fingerprint density at radius 3 is 2.37 bits per heavy atom. The molecule has 0 aliphatic rings. The highest BCUT2D eigenvalue weighted by Gasteiger charge is 2.01. The van der Waals surface area contributed by atoms with E-state index in [0.29, 0.717) is 0 Å². The lowest BCUT2D eigenvalue weighted by Crippen LogP contribution is -1.99. The van der Waals surface area contributed by atoms with E-state index in [9.17, 15) is 0 Å². The number of hydrogen-bond donors (Lipinski definition) is 1. The Labute approximate surface area is 112 Å². The van der Waals surface area contributed by atoms with Crippen molar-refractivity contribution in [2.45, 2.75) is 6.54 Å². The van der Waals surface area contributed by atoms with E-state index < -0.39 is 0 Å². The molecular weight excluding hydrogens is 234 g/mol. The lowest BCUT2D eigenvalue weighted by atomic mass is 10.1. The fourth-order valence-electron chi connectivity index (χ4n) is 2.04. The number of rotatable bonds is 3. The standard InChI is InChI=1S/C16H15N3/c17-16-8-6-13(7-9-16)11-19-12-15(10-18-19)14-4-2-1-3-5-14/h1-10,12H,11,17H2. The van der Waals surface area contributed by atoms with E-state index in [1.807, 2.05) is 53.3 Å². The van der Waals surface area contributed by atoms with Crippen molar-refractivity contribution in [3.05, 3.63) is 72.6 Å². The van der Waals surface area contributed by atoms with E-state index in [-0.39, 0.29) is 0 Å². The number of aromatic nitrogens is 2. The quantitative estimate of drug-likeness (QED) is 0.724. The van der Waals surface area contributed by atoms with Crippen LogP contribution in [0.5, 0.6) is 0 Å². The second kappa shape index (κ2) is 4.98. The minimum Gasteiger partial charge on any atom is -0.399 e. The second-order valence-electron chi connectivity index (χ2n) is 4.53. The van der Waals surface area contributed by atoms with Gasteiger partial charge in [0.05, 0.1) is 12.7 Å². The van der Waals surface area contributed by atoms with Gasteiger partial charge in [-0.25, -0.2) is 0 Å². The van der Waals surface area contributed by atoms with Crippen molar-refractivity contribution in [2.75, 3.05) is 5.73 Å². The smallest absolute Gasteiger partial charge is 0.0659 e. The van der Waals surface area contributed by atoms with Gasteiger partial charge < -0.3 is 5.73 Å². The maximum absolute atomic E-state index is 5.68. The van der Waals surface area contributed by atoms with Crippen LogP contribution in [0.4, 0.5) is 5.69 Å². The Bertz CT molecular complexity index is 654. The first-order chi connectivity index (χ1) is 9.31. The number of anilines is 1. The SMILES string of the molecule is Nc1ccc(Cn2cc(-c3ccccc3)cn2)cc1. The Morgan fingerprint density at radius 2 is 1.63 bits per heavy atom. The van der Waals surface area contributed by atoms with Crippen molar-refractivity contribution in [2.24, 2.45) is 0 Å². The summed E-state index contributed by atoms with van der Waals surface area (Å²) in [5, 5.41) is 4.40. The third-order valence-electron chi connectivity index (χ3n) is 3.06. The van der Waals surface area contributed by atoms with Crippen molar-refractivity contribution in [1.29, 1.82) is 0 Å². The van der Waals surface area contributed by atoms with Crippen LogP contribution in [0, 0.1) is 0 Å². The predicted molar refractivity (Wildman–Crippen MR) is 77.6 cm³/mol. The largest absolute Gasteiger partial charge is 0.399 e. The van der Waals surface area contributed by atoms with Crippen molar-refractivity contribution in [3.63, 3.8) is 0 Å². The Kier molecular flexibility index (Phi) is 3.02. The van der Waals surface area contributed by atoms with Gasteiger partial charge in [-0.05, 0) is 23.3 Å². The van der Waals surface area contributed by atoms with E-state index >= 15 is 0 Å². The number of hydrogen-bond acceptors (Lipinski definition) is 2. The zero-order valence-corrected chi connectivity index (χ0v) is 10.5. The molecule has 2 aromatic carbocycles. The fourth-order valence-corrected chi connectivity index (χ4v) is 2.04. The molecule has 0 saturated carbocycles. The molecule has 2 N–H and O–H groups in total. The summed E-state index contributed by atoms with van der Waals surface area (Å²) >= 11 is 0. The van der Waals surface area contributed by atoms with Gasteiger partial charge >= 0.3 is 0 Å². The van der Waals surface area contributed by atoms with Gasteiger partial charge in [-0.3, -0.25) is 4.68 Å². The highest BCUT2D eigenvalue weighted by molar-refractivity contribution is 5.61. The summed E-state index contributed by atoms with van der Waals surface area (Å²) in [7, 11) is 0. The van der Waals surface area contributed by atoms with Crippen LogP contribution in [0.15, 0.2) is 67.0 Å². The molecule has 3 rings (SSSR count). The topological polar surface area (TPSA) is 43.8 Å². The normalized spacial score (nSPS) is 10.5. The molecule has 0 amide bonds. The van der Waals surface area contributed by atoms with Crippen LogP contribution in [0.2, 0.25) is 0 Å². The zero-order chi connectivity index (χ0) is 13.1. The van der Waals surface area contributed by atoms with Crippen molar-refractivity contribution < 1.29 is 0 Å². The summed E-state index contributed by atoms with van der Waals surface area (Å²) in [5.41, 5.74) is 9.98. The molecule has 0 saturated heterocycles. The zero-order valence-electron chi connectivity index (χ0n) is 10.5. The van der Waals surface area contributed by atoms with E-state index in [2.05, 4.69) is 23.4 Å². The van der Waals surface area contributed by atoms with E-state index in [1.165, 1.54) is 11.1 Å². The summed E-state index contributed by atoms with van der Waals surface area (Å²) in [6, 6.07) is 18.1. The summed E-state index contributed by atoms with van der Waals surface area (Å²) < 4.78 is 1.94. The van der Waals surface area contributed by atoms with Gasteiger partial charge in [0, 0.05) is 17.4 Å². The minimum absolute atomic E-state index is 0.757.